The molecule has 0 spiro atoms. The fourth-order valence-electron chi connectivity index (χ4n) is 6.04. The molecule has 1 aromatic heterocycles. The van der Waals surface area contributed by atoms with Crippen LogP contribution in [0.4, 0.5) is 19.3 Å². The second kappa shape index (κ2) is 13.8. The largest absolute Gasteiger partial charge is 0.435 e. The number of rotatable bonds is 9. The van der Waals surface area contributed by atoms with Crippen molar-refractivity contribution in [3.8, 4) is 22.8 Å². The number of hydrogen-bond acceptors (Lipinski definition) is 5. The van der Waals surface area contributed by atoms with Crippen molar-refractivity contribution in [2.75, 3.05) is 17.2 Å². The minimum Gasteiger partial charge on any atom is -0.435 e. The molecule has 2 fully saturated rings. The number of benzene rings is 3. The predicted molar refractivity (Wildman–Crippen MR) is 175 cm³/mol. The lowest BCUT2D eigenvalue weighted by molar-refractivity contribution is -0.0498. The molecule has 2 unspecified atom stereocenters. The van der Waals surface area contributed by atoms with Crippen LogP contribution in [0.25, 0.3) is 17.1 Å². The molecule has 4 aromatic rings. The van der Waals surface area contributed by atoms with Crippen molar-refractivity contribution in [2.24, 2.45) is 4.99 Å². The summed E-state index contributed by atoms with van der Waals surface area (Å²) in [5.74, 6) is 1.91. The van der Waals surface area contributed by atoms with Crippen LogP contribution in [0.5, 0.6) is 5.75 Å². The SMILES string of the molecule is CCCc1ccc(C)cc1N1CCS/C1=N\C(=O)NC1CCC(c2ccc(-c3ncn(-c4ccc(OC(F)F)cc4)n3)cc2)C1. The van der Waals surface area contributed by atoms with Crippen LogP contribution in [0.15, 0.2) is 78.0 Å². The summed E-state index contributed by atoms with van der Waals surface area (Å²) < 4.78 is 30.9. The van der Waals surface area contributed by atoms with Crippen LogP contribution in [-0.2, 0) is 6.42 Å². The van der Waals surface area contributed by atoms with E-state index < -0.39 is 6.61 Å². The monoisotopic (exact) mass is 630 g/mol. The van der Waals surface area contributed by atoms with Gasteiger partial charge in [-0.2, -0.15) is 13.8 Å². The second-order valence-electron chi connectivity index (χ2n) is 11.4. The van der Waals surface area contributed by atoms with Crippen molar-refractivity contribution in [2.45, 2.75) is 64.5 Å². The number of urea groups is 1. The van der Waals surface area contributed by atoms with Crippen LogP contribution in [0.1, 0.15) is 55.2 Å². The molecule has 0 radical (unpaired) electrons. The first-order chi connectivity index (χ1) is 21.9. The lowest BCUT2D eigenvalue weighted by atomic mass is 9.96. The number of aromatic nitrogens is 3. The Bertz CT molecular complexity index is 1660. The number of thioether (sulfide) groups is 1. The van der Waals surface area contributed by atoms with Crippen molar-refractivity contribution in [1.29, 1.82) is 0 Å². The molecule has 8 nitrogen and oxygen atoms in total. The van der Waals surface area contributed by atoms with Gasteiger partial charge in [-0.05, 0) is 85.5 Å². The Morgan fingerprint density at radius 3 is 2.67 bits per heavy atom. The zero-order chi connectivity index (χ0) is 31.3. The van der Waals surface area contributed by atoms with Gasteiger partial charge in [0.2, 0.25) is 0 Å². The second-order valence-corrected chi connectivity index (χ2v) is 12.5. The lowest BCUT2D eigenvalue weighted by Crippen LogP contribution is -2.33. The Labute approximate surface area is 265 Å². The zero-order valence-electron chi connectivity index (χ0n) is 25.3. The summed E-state index contributed by atoms with van der Waals surface area (Å²) in [5.41, 5.74) is 6.44. The predicted octanol–water partition coefficient (Wildman–Crippen LogP) is 7.75. The van der Waals surface area contributed by atoms with Gasteiger partial charge in [0.15, 0.2) is 11.0 Å². The Morgan fingerprint density at radius 2 is 1.91 bits per heavy atom. The number of amides is 2. The summed E-state index contributed by atoms with van der Waals surface area (Å²) in [6.07, 6.45) is 6.42. The van der Waals surface area contributed by atoms with Crippen LogP contribution in [0.2, 0.25) is 0 Å². The molecule has 1 saturated carbocycles. The highest BCUT2D eigenvalue weighted by Gasteiger charge is 2.29. The van der Waals surface area contributed by atoms with Gasteiger partial charge in [0.1, 0.15) is 12.1 Å². The molecule has 1 N–H and O–H groups in total. The van der Waals surface area contributed by atoms with Gasteiger partial charge in [-0.25, -0.2) is 14.5 Å². The molecule has 2 heterocycles. The van der Waals surface area contributed by atoms with Gasteiger partial charge in [0.05, 0.1) is 5.69 Å². The molecule has 234 valence electrons. The quantitative estimate of drug-likeness (QED) is 0.204. The zero-order valence-corrected chi connectivity index (χ0v) is 26.1. The van der Waals surface area contributed by atoms with E-state index in [1.807, 2.05) is 12.1 Å². The van der Waals surface area contributed by atoms with Crippen molar-refractivity contribution in [3.63, 3.8) is 0 Å². The molecule has 0 bridgehead atoms. The van der Waals surface area contributed by atoms with E-state index in [1.54, 1.807) is 34.9 Å². The summed E-state index contributed by atoms with van der Waals surface area (Å²) in [7, 11) is 0. The first kappa shape index (κ1) is 30.8. The van der Waals surface area contributed by atoms with E-state index >= 15 is 0 Å². The number of carbonyl (C=O) groups excluding carboxylic acids is 1. The highest BCUT2D eigenvalue weighted by atomic mass is 32.2. The number of anilines is 1. The van der Waals surface area contributed by atoms with E-state index in [0.29, 0.717) is 17.4 Å². The van der Waals surface area contributed by atoms with E-state index in [4.69, 9.17) is 0 Å². The maximum Gasteiger partial charge on any atom is 0.387 e. The van der Waals surface area contributed by atoms with Crippen LogP contribution in [0, 0.1) is 6.92 Å². The third-order valence-electron chi connectivity index (χ3n) is 8.24. The van der Waals surface area contributed by atoms with Gasteiger partial charge in [0, 0.05) is 29.6 Å². The maximum atomic E-state index is 13.0. The highest BCUT2D eigenvalue weighted by Crippen LogP contribution is 2.36. The first-order valence-corrected chi connectivity index (χ1v) is 16.3. The van der Waals surface area contributed by atoms with Gasteiger partial charge in [0.25, 0.3) is 0 Å². The van der Waals surface area contributed by atoms with Gasteiger partial charge < -0.3 is 15.0 Å². The number of nitrogens with one attached hydrogen (secondary N) is 1. The average Bonchev–Trinajstić information content (AvgIpc) is 3.80. The van der Waals surface area contributed by atoms with Crippen molar-refractivity contribution in [1.82, 2.24) is 20.1 Å². The molecule has 11 heteroatoms. The van der Waals surface area contributed by atoms with Gasteiger partial charge in [-0.1, -0.05) is 61.5 Å². The Morgan fingerprint density at radius 1 is 1.11 bits per heavy atom. The lowest BCUT2D eigenvalue weighted by Gasteiger charge is -2.22. The fourth-order valence-corrected chi connectivity index (χ4v) is 6.99. The van der Waals surface area contributed by atoms with Crippen molar-refractivity contribution >= 4 is 28.6 Å². The molecular weight excluding hydrogens is 594 g/mol. The Kier molecular flexibility index (Phi) is 9.44. The van der Waals surface area contributed by atoms with Crippen LogP contribution >= 0.6 is 11.8 Å². The number of amidine groups is 1. The molecule has 3 aromatic carbocycles. The number of alkyl halides is 2. The topological polar surface area (TPSA) is 84.6 Å². The number of ether oxygens (including phenoxy) is 1. The molecule has 45 heavy (non-hydrogen) atoms. The van der Waals surface area contributed by atoms with Crippen LogP contribution < -0.4 is 15.0 Å². The van der Waals surface area contributed by atoms with Crippen molar-refractivity contribution in [3.05, 3.63) is 89.7 Å². The van der Waals surface area contributed by atoms with Crippen LogP contribution in [0.3, 0.4) is 0 Å². The Balaban J connectivity index is 1.05. The molecule has 2 atom stereocenters. The van der Waals surface area contributed by atoms with E-state index in [1.165, 1.54) is 28.8 Å². The number of carbonyl (C=O) groups is 1. The minimum absolute atomic E-state index is 0.0795. The average molecular weight is 631 g/mol. The summed E-state index contributed by atoms with van der Waals surface area (Å²) in [5, 5.41) is 8.48. The van der Waals surface area contributed by atoms with Crippen molar-refractivity contribution < 1.29 is 18.3 Å². The van der Waals surface area contributed by atoms with E-state index in [-0.39, 0.29) is 17.8 Å². The van der Waals surface area contributed by atoms with Gasteiger partial charge >= 0.3 is 12.6 Å². The number of halogens is 2. The van der Waals surface area contributed by atoms with E-state index in [0.717, 1.165) is 60.8 Å². The summed E-state index contributed by atoms with van der Waals surface area (Å²) in [6.45, 7) is 2.27. The highest BCUT2D eigenvalue weighted by molar-refractivity contribution is 8.14. The normalized spacial score (nSPS) is 19.0. The molecule has 1 aliphatic heterocycles. The summed E-state index contributed by atoms with van der Waals surface area (Å²) >= 11 is 1.64. The maximum absolute atomic E-state index is 13.0. The molecule has 1 saturated heterocycles. The molecular formula is C34H36F2N6O2S. The first-order valence-electron chi connectivity index (χ1n) is 15.3. The van der Waals surface area contributed by atoms with E-state index in [2.05, 4.69) is 74.2 Å². The third-order valence-corrected chi connectivity index (χ3v) is 9.20. The molecule has 1 aliphatic carbocycles. The minimum atomic E-state index is -2.86. The van der Waals surface area contributed by atoms with Crippen LogP contribution in [-0.4, -0.2) is 50.9 Å². The number of nitrogens with zero attached hydrogens (tertiary/aromatic N) is 5. The molecule has 2 aliphatic rings. The summed E-state index contributed by atoms with van der Waals surface area (Å²) in [4.78, 5) is 24.2. The fraction of sp³-hybridized carbons (Fsp3) is 0.353. The van der Waals surface area contributed by atoms with E-state index in [9.17, 15) is 13.6 Å². The molecule has 2 amide bonds. The Hall–Kier alpha value is -4.25. The smallest absolute Gasteiger partial charge is 0.387 e. The molecule has 6 rings (SSSR count). The summed E-state index contributed by atoms with van der Waals surface area (Å²) in [6, 6.07) is 20.8. The van der Waals surface area contributed by atoms with Gasteiger partial charge in [-0.15, -0.1) is 5.10 Å². The van der Waals surface area contributed by atoms with Gasteiger partial charge in [-0.3, -0.25) is 0 Å². The number of hydrogen-bond donors (Lipinski definition) is 1. The number of aryl methyl sites for hydroxylation is 2. The number of aliphatic imine (C=N–C) groups is 1. The standard InChI is InChI=1S/C34H36F2N6O2S/c1-3-4-24-6-5-22(2)19-30(24)41-17-18-45-34(41)39-33(43)38-27-12-11-26(20-27)23-7-9-25(10-8-23)31-37-21-42(40-31)28-13-15-29(16-14-28)44-32(35)36/h5-10,13-16,19,21,26-27,32H,3-4,11-12,17-18,20H2,1-2H3,(H,38,43)/b39-34-. The third kappa shape index (κ3) is 7.36.